The minimum Gasteiger partial charge on any atom is -0.506 e. The average molecular weight is 524 g/mol. The van der Waals surface area contributed by atoms with Crippen molar-refractivity contribution in [2.45, 2.75) is 18.9 Å². The van der Waals surface area contributed by atoms with Crippen LogP contribution in [-0.4, -0.2) is 47.0 Å². The highest BCUT2D eigenvalue weighted by atomic mass is 79.9. The summed E-state index contributed by atoms with van der Waals surface area (Å²) >= 11 is 6.42. The van der Waals surface area contributed by atoms with E-state index in [9.17, 15) is 19.5 Å². The number of imide groups is 1. The molecule has 1 fully saturated rings. The number of amides is 3. The molecule has 150 valence electrons. The summed E-state index contributed by atoms with van der Waals surface area (Å²) in [6.45, 7) is 0.866. The second kappa shape index (κ2) is 7.89. The van der Waals surface area contributed by atoms with Gasteiger partial charge in [-0.2, -0.15) is 0 Å². The molecule has 0 bridgehead atoms. The fraction of sp³-hybridized carbons (Fsp3) is 0.250. The van der Waals surface area contributed by atoms with Gasteiger partial charge in [-0.1, -0.05) is 0 Å². The Bertz CT molecular complexity index is 1010. The van der Waals surface area contributed by atoms with Gasteiger partial charge in [0.25, 0.3) is 17.7 Å². The van der Waals surface area contributed by atoms with E-state index in [1.54, 1.807) is 12.1 Å². The molecular weight excluding hydrogens is 508 g/mol. The Labute approximate surface area is 183 Å². The van der Waals surface area contributed by atoms with Crippen LogP contribution in [0.5, 0.6) is 5.75 Å². The number of fused-ring (bicyclic) bond motifs is 1. The van der Waals surface area contributed by atoms with Crippen LogP contribution < -0.4 is 5.32 Å². The molecule has 29 heavy (non-hydrogen) atoms. The monoisotopic (exact) mass is 522 g/mol. The number of rotatable bonds is 4. The van der Waals surface area contributed by atoms with Gasteiger partial charge < -0.3 is 15.2 Å². The van der Waals surface area contributed by atoms with Crippen molar-refractivity contribution in [1.29, 1.82) is 0 Å². The Balaban J connectivity index is 1.54. The lowest BCUT2D eigenvalue weighted by Gasteiger charge is -2.17. The smallest absolute Gasteiger partial charge is 0.261 e. The molecule has 7 nitrogen and oxygen atoms in total. The highest BCUT2D eigenvalue weighted by molar-refractivity contribution is 9.11. The number of benzene rings is 2. The molecule has 2 aromatic rings. The summed E-state index contributed by atoms with van der Waals surface area (Å²) in [7, 11) is 0. The minimum atomic E-state index is -0.435. The number of aromatic hydroxyl groups is 1. The lowest BCUT2D eigenvalue weighted by Crippen LogP contribution is -2.36. The third kappa shape index (κ3) is 3.82. The van der Waals surface area contributed by atoms with Crippen LogP contribution in [0.3, 0.4) is 0 Å². The molecule has 0 aromatic heterocycles. The summed E-state index contributed by atoms with van der Waals surface area (Å²) in [6.07, 6.45) is 1.60. The molecule has 4 rings (SSSR count). The molecular formula is C20H16Br2N2O5. The first-order chi connectivity index (χ1) is 13.8. The molecule has 2 aromatic carbocycles. The average Bonchev–Trinajstić information content (AvgIpc) is 3.29. The number of nitrogens with one attached hydrogen (secondary N) is 1. The minimum absolute atomic E-state index is 0.0240. The van der Waals surface area contributed by atoms with Gasteiger partial charge in [-0.3, -0.25) is 19.3 Å². The van der Waals surface area contributed by atoms with Gasteiger partial charge in [0.15, 0.2) is 0 Å². The van der Waals surface area contributed by atoms with Gasteiger partial charge in [-0.05, 0) is 75.0 Å². The zero-order chi connectivity index (χ0) is 20.7. The van der Waals surface area contributed by atoms with E-state index in [0.29, 0.717) is 26.8 Å². The van der Waals surface area contributed by atoms with E-state index in [1.165, 1.54) is 23.1 Å². The fourth-order valence-electron chi connectivity index (χ4n) is 3.43. The maximum Gasteiger partial charge on any atom is 0.261 e. The number of phenolic OH excluding ortho intramolecular Hbond substituents is 1. The zero-order valence-electron chi connectivity index (χ0n) is 15.1. The number of ether oxygens (including phenoxy) is 1. The number of hydrogen-bond donors (Lipinski definition) is 2. The largest absolute Gasteiger partial charge is 0.506 e. The number of carbonyl (C=O) groups is 3. The molecule has 0 saturated carbocycles. The molecule has 0 aliphatic carbocycles. The number of phenols is 1. The van der Waals surface area contributed by atoms with Gasteiger partial charge >= 0.3 is 0 Å². The summed E-state index contributed by atoms with van der Waals surface area (Å²) in [4.78, 5) is 39.1. The van der Waals surface area contributed by atoms with Crippen molar-refractivity contribution in [2.75, 3.05) is 18.5 Å². The van der Waals surface area contributed by atoms with Crippen LogP contribution in [0.2, 0.25) is 0 Å². The molecule has 1 unspecified atom stereocenters. The molecule has 9 heteroatoms. The molecule has 2 heterocycles. The van der Waals surface area contributed by atoms with Crippen LogP contribution in [0.1, 0.15) is 43.9 Å². The van der Waals surface area contributed by atoms with E-state index in [0.717, 1.165) is 12.8 Å². The summed E-state index contributed by atoms with van der Waals surface area (Å²) in [6, 6.07) is 7.57. The summed E-state index contributed by atoms with van der Waals surface area (Å²) in [5, 5.41) is 12.5. The summed E-state index contributed by atoms with van der Waals surface area (Å²) in [5.41, 5.74) is 1.21. The van der Waals surface area contributed by atoms with Gasteiger partial charge in [-0.25, -0.2) is 0 Å². The number of hydrogen-bond acceptors (Lipinski definition) is 5. The molecule has 2 aliphatic rings. The van der Waals surface area contributed by atoms with E-state index >= 15 is 0 Å². The first-order valence-electron chi connectivity index (χ1n) is 8.96. The van der Waals surface area contributed by atoms with Crippen molar-refractivity contribution in [3.63, 3.8) is 0 Å². The molecule has 0 radical (unpaired) electrons. The molecule has 1 atom stereocenters. The number of anilines is 1. The van der Waals surface area contributed by atoms with E-state index in [4.69, 9.17) is 4.74 Å². The fourth-order valence-corrected chi connectivity index (χ4v) is 4.62. The predicted molar refractivity (Wildman–Crippen MR) is 112 cm³/mol. The van der Waals surface area contributed by atoms with Crippen LogP contribution >= 0.6 is 31.9 Å². The van der Waals surface area contributed by atoms with Crippen molar-refractivity contribution < 1.29 is 24.2 Å². The Morgan fingerprint density at radius 2 is 1.83 bits per heavy atom. The first-order valence-corrected chi connectivity index (χ1v) is 10.5. The molecule has 2 aliphatic heterocycles. The van der Waals surface area contributed by atoms with Crippen molar-refractivity contribution >= 4 is 55.3 Å². The maximum atomic E-state index is 12.7. The number of nitrogens with zero attached hydrogens (tertiary/aromatic N) is 1. The standard InChI is InChI=1S/C20H16Br2N2O5/c21-15-7-11(8-16(22)17(15)25)23-18(26)10-3-4-13-14(6-10)20(28)24(19(13)27)9-12-2-1-5-29-12/h3-4,6-8,12,25H,1-2,5,9H2,(H,23,26). The molecule has 3 amide bonds. The second-order valence-electron chi connectivity index (χ2n) is 6.86. The lowest BCUT2D eigenvalue weighted by molar-refractivity contribution is 0.0475. The SMILES string of the molecule is O=C(Nc1cc(Br)c(O)c(Br)c1)c1ccc2c(c1)C(=O)N(CC1CCCO1)C2=O. The number of halogens is 2. The molecule has 1 saturated heterocycles. The maximum absolute atomic E-state index is 12.7. The van der Waals surface area contributed by atoms with Crippen LogP contribution in [0.15, 0.2) is 39.3 Å². The third-order valence-corrected chi connectivity index (χ3v) is 6.13. The van der Waals surface area contributed by atoms with E-state index in [2.05, 4.69) is 37.2 Å². The van der Waals surface area contributed by atoms with Crippen LogP contribution in [0, 0.1) is 0 Å². The summed E-state index contributed by atoms with van der Waals surface area (Å²) < 4.78 is 6.37. The van der Waals surface area contributed by atoms with Crippen LogP contribution in [-0.2, 0) is 4.74 Å². The first kappa shape index (κ1) is 20.1. The second-order valence-corrected chi connectivity index (χ2v) is 8.57. The topological polar surface area (TPSA) is 95.9 Å². The third-order valence-electron chi connectivity index (χ3n) is 4.92. The normalized spacial score (nSPS) is 18.3. The highest BCUT2D eigenvalue weighted by Crippen LogP contribution is 2.35. The van der Waals surface area contributed by atoms with Crippen molar-refractivity contribution in [2.24, 2.45) is 0 Å². The number of carbonyl (C=O) groups excluding carboxylic acids is 3. The molecule has 0 spiro atoms. The van der Waals surface area contributed by atoms with E-state index in [-0.39, 0.29) is 35.4 Å². The van der Waals surface area contributed by atoms with Gasteiger partial charge in [0.2, 0.25) is 0 Å². The van der Waals surface area contributed by atoms with E-state index < -0.39 is 11.8 Å². The Hall–Kier alpha value is -2.23. The quantitative estimate of drug-likeness (QED) is 0.467. The zero-order valence-corrected chi connectivity index (χ0v) is 18.2. The lowest BCUT2D eigenvalue weighted by atomic mass is 10.1. The van der Waals surface area contributed by atoms with Gasteiger partial charge in [0.1, 0.15) is 5.75 Å². The highest BCUT2D eigenvalue weighted by Gasteiger charge is 2.37. The van der Waals surface area contributed by atoms with Crippen molar-refractivity contribution in [3.05, 3.63) is 56.0 Å². The van der Waals surface area contributed by atoms with Crippen molar-refractivity contribution in [3.8, 4) is 5.75 Å². The van der Waals surface area contributed by atoms with Crippen LogP contribution in [0.25, 0.3) is 0 Å². The van der Waals surface area contributed by atoms with Crippen molar-refractivity contribution in [1.82, 2.24) is 4.90 Å². The van der Waals surface area contributed by atoms with Gasteiger partial charge in [-0.15, -0.1) is 0 Å². The predicted octanol–water partition coefficient (Wildman–Crippen LogP) is 3.94. The Morgan fingerprint density at radius 3 is 2.48 bits per heavy atom. The van der Waals surface area contributed by atoms with Crippen LogP contribution in [0.4, 0.5) is 5.69 Å². The van der Waals surface area contributed by atoms with Gasteiger partial charge in [0, 0.05) is 17.9 Å². The Kier molecular flexibility index (Phi) is 5.46. The van der Waals surface area contributed by atoms with Gasteiger partial charge in [0.05, 0.1) is 32.7 Å². The van der Waals surface area contributed by atoms with E-state index in [1.807, 2.05) is 0 Å². The molecule has 2 N–H and O–H groups in total. The summed E-state index contributed by atoms with van der Waals surface area (Å²) in [5.74, 6) is -1.18. The Morgan fingerprint density at radius 1 is 1.14 bits per heavy atom.